The molecule has 202 valence electrons. The van der Waals surface area contributed by atoms with Gasteiger partial charge >= 0.3 is 6.18 Å². The highest BCUT2D eigenvalue weighted by molar-refractivity contribution is 5.90. The van der Waals surface area contributed by atoms with Gasteiger partial charge < -0.3 is 27.9 Å². The summed E-state index contributed by atoms with van der Waals surface area (Å²) in [5.74, 6) is 0.438. The number of rotatable bonds is 8. The van der Waals surface area contributed by atoms with Gasteiger partial charge in [0.25, 0.3) is 0 Å². The fourth-order valence-corrected chi connectivity index (χ4v) is 4.44. The van der Waals surface area contributed by atoms with E-state index in [0.29, 0.717) is 22.6 Å². The molecule has 2 heterocycles. The van der Waals surface area contributed by atoms with E-state index in [1.165, 1.54) is 39.5 Å². The minimum absolute atomic E-state index is 0.0528. The van der Waals surface area contributed by atoms with E-state index in [4.69, 9.17) is 23.4 Å². The van der Waals surface area contributed by atoms with E-state index in [9.17, 15) is 18.0 Å². The molecule has 0 N–H and O–H groups in total. The summed E-state index contributed by atoms with van der Waals surface area (Å²) in [6.45, 7) is -0.130. The summed E-state index contributed by atoms with van der Waals surface area (Å²) in [6, 6.07) is 16.0. The largest absolute Gasteiger partial charge is 0.493 e. The normalized spacial score (nSPS) is 11.6. The van der Waals surface area contributed by atoms with Gasteiger partial charge in [-0.2, -0.15) is 13.2 Å². The molecule has 0 atom stereocenters. The number of fused-ring (bicyclic) bond motifs is 2. The monoisotopic (exact) mass is 540 g/mol. The van der Waals surface area contributed by atoms with E-state index in [1.54, 1.807) is 42.5 Å². The Morgan fingerprint density at radius 3 is 2.41 bits per heavy atom. The summed E-state index contributed by atoms with van der Waals surface area (Å²) in [5.41, 5.74) is 1.02. The Bertz CT molecular complexity index is 1730. The van der Waals surface area contributed by atoms with Crippen molar-refractivity contribution in [1.82, 2.24) is 9.55 Å². The molecule has 8 nitrogen and oxygen atoms in total. The van der Waals surface area contributed by atoms with Gasteiger partial charge in [-0.05, 0) is 24.3 Å². The lowest BCUT2D eigenvalue weighted by Crippen LogP contribution is -2.18. The third-order valence-electron chi connectivity index (χ3n) is 6.13. The van der Waals surface area contributed by atoms with Crippen LogP contribution in [0.5, 0.6) is 23.0 Å². The molecule has 0 aliphatic carbocycles. The first-order valence-corrected chi connectivity index (χ1v) is 11.8. The van der Waals surface area contributed by atoms with Crippen molar-refractivity contribution in [2.24, 2.45) is 0 Å². The molecule has 5 rings (SSSR count). The summed E-state index contributed by atoms with van der Waals surface area (Å²) in [4.78, 5) is 16.8. The number of benzene rings is 3. The van der Waals surface area contributed by atoms with Crippen LogP contribution < -0.4 is 24.4 Å². The van der Waals surface area contributed by atoms with Crippen molar-refractivity contribution in [3.05, 3.63) is 76.7 Å². The number of hydrogen-bond donors (Lipinski definition) is 0. The molecule has 3 aromatic carbocycles. The number of ether oxygens (including phenoxy) is 4. The zero-order valence-corrected chi connectivity index (χ0v) is 21.2. The number of halogens is 3. The molecule has 11 heteroatoms. The number of hydrogen-bond acceptors (Lipinski definition) is 7. The summed E-state index contributed by atoms with van der Waals surface area (Å²) in [5, 5.41) is 0.194. The van der Waals surface area contributed by atoms with E-state index in [1.807, 2.05) is 0 Å². The first kappa shape index (κ1) is 26.0. The number of aromatic nitrogens is 2. The second-order valence-corrected chi connectivity index (χ2v) is 8.44. The van der Waals surface area contributed by atoms with Crippen molar-refractivity contribution < 1.29 is 36.5 Å². The van der Waals surface area contributed by atoms with Crippen LogP contribution >= 0.6 is 0 Å². The van der Waals surface area contributed by atoms with Crippen molar-refractivity contribution in [2.45, 2.75) is 12.7 Å². The Balaban J connectivity index is 1.43. The molecule has 0 saturated heterocycles. The number of methoxy groups -OCH3 is 3. The highest BCUT2D eigenvalue weighted by Gasteiger charge is 2.37. The topological polar surface area (TPSA) is 85.0 Å². The SMILES string of the molecule is COc1cc2oc(-c3cccc(OCCn4c(C(F)(F)F)nc5ccccc54)c3)cc(=O)c2c(OC)c1OC. The fourth-order valence-electron chi connectivity index (χ4n) is 4.44. The van der Waals surface area contributed by atoms with Crippen molar-refractivity contribution in [3.63, 3.8) is 0 Å². The molecule has 0 saturated carbocycles. The summed E-state index contributed by atoms with van der Waals surface area (Å²) < 4.78 is 69.7. The van der Waals surface area contributed by atoms with Crippen molar-refractivity contribution in [2.75, 3.05) is 27.9 Å². The third-order valence-corrected chi connectivity index (χ3v) is 6.13. The number of imidazole rings is 1. The van der Waals surface area contributed by atoms with Gasteiger partial charge in [-0.1, -0.05) is 24.3 Å². The van der Waals surface area contributed by atoms with E-state index < -0.39 is 12.0 Å². The van der Waals surface area contributed by atoms with E-state index in [-0.39, 0.29) is 52.3 Å². The van der Waals surface area contributed by atoms with Crippen LogP contribution in [0.4, 0.5) is 13.2 Å². The molecule has 2 aromatic heterocycles. The van der Waals surface area contributed by atoms with Gasteiger partial charge in [0.05, 0.1) is 38.9 Å². The Hall–Kier alpha value is -4.67. The van der Waals surface area contributed by atoms with Gasteiger partial charge in [0.2, 0.25) is 11.6 Å². The van der Waals surface area contributed by atoms with Crippen LogP contribution in [0.25, 0.3) is 33.3 Å². The Morgan fingerprint density at radius 1 is 0.923 bits per heavy atom. The quantitative estimate of drug-likeness (QED) is 0.241. The highest BCUT2D eigenvalue weighted by atomic mass is 19.4. The third kappa shape index (κ3) is 4.83. The van der Waals surface area contributed by atoms with Gasteiger partial charge in [0.15, 0.2) is 16.9 Å². The predicted molar refractivity (Wildman–Crippen MR) is 138 cm³/mol. The highest BCUT2D eigenvalue weighted by Crippen LogP contribution is 2.43. The second kappa shape index (κ2) is 10.2. The number of nitrogens with zero attached hydrogens (tertiary/aromatic N) is 2. The van der Waals surface area contributed by atoms with Crippen molar-refractivity contribution >= 4 is 22.0 Å². The molecule has 0 aliphatic heterocycles. The van der Waals surface area contributed by atoms with Crippen LogP contribution in [0, 0.1) is 0 Å². The minimum atomic E-state index is -4.61. The van der Waals surface area contributed by atoms with Crippen LogP contribution in [0.1, 0.15) is 5.82 Å². The maximum atomic E-state index is 13.6. The molecule has 5 aromatic rings. The average Bonchev–Trinajstić information content (AvgIpc) is 3.31. The molecule has 0 bridgehead atoms. The predicted octanol–water partition coefficient (Wildman–Crippen LogP) is 5.93. The number of alkyl halides is 3. The summed E-state index contributed by atoms with van der Waals surface area (Å²) in [6.07, 6.45) is -4.61. The lowest BCUT2D eigenvalue weighted by atomic mass is 10.1. The van der Waals surface area contributed by atoms with Crippen LogP contribution in [0.3, 0.4) is 0 Å². The molecule has 0 aliphatic rings. The van der Waals surface area contributed by atoms with Gasteiger partial charge in [0.1, 0.15) is 29.1 Å². The molecular formula is C28H23F3N2O6. The van der Waals surface area contributed by atoms with E-state index in [2.05, 4.69) is 4.98 Å². The molecule has 0 spiro atoms. The average molecular weight is 540 g/mol. The lowest BCUT2D eigenvalue weighted by molar-refractivity contribution is -0.147. The van der Waals surface area contributed by atoms with Crippen LogP contribution in [0.15, 0.2) is 69.9 Å². The smallest absolute Gasteiger partial charge is 0.449 e. The van der Waals surface area contributed by atoms with E-state index >= 15 is 0 Å². The lowest BCUT2D eigenvalue weighted by Gasteiger charge is -2.14. The maximum absolute atomic E-state index is 13.6. The maximum Gasteiger partial charge on any atom is 0.449 e. The Kier molecular flexibility index (Phi) is 6.81. The van der Waals surface area contributed by atoms with Gasteiger partial charge in [-0.25, -0.2) is 4.98 Å². The molecule has 0 radical (unpaired) electrons. The van der Waals surface area contributed by atoms with E-state index in [0.717, 1.165) is 4.57 Å². The fraction of sp³-hybridized carbons (Fsp3) is 0.214. The Labute approximate surface area is 220 Å². The molecule has 0 fully saturated rings. The Morgan fingerprint density at radius 2 is 1.69 bits per heavy atom. The minimum Gasteiger partial charge on any atom is -0.493 e. The molecule has 0 amide bonds. The molecule has 0 unspecified atom stereocenters. The zero-order chi connectivity index (χ0) is 27.7. The van der Waals surface area contributed by atoms with Crippen LogP contribution in [-0.2, 0) is 12.7 Å². The molecule has 39 heavy (non-hydrogen) atoms. The van der Waals surface area contributed by atoms with Crippen molar-refractivity contribution in [1.29, 1.82) is 0 Å². The second-order valence-electron chi connectivity index (χ2n) is 8.44. The summed E-state index contributed by atoms with van der Waals surface area (Å²) in [7, 11) is 4.30. The van der Waals surface area contributed by atoms with Crippen molar-refractivity contribution in [3.8, 4) is 34.3 Å². The van der Waals surface area contributed by atoms with Crippen LogP contribution in [-0.4, -0.2) is 37.5 Å². The first-order valence-electron chi connectivity index (χ1n) is 11.8. The summed E-state index contributed by atoms with van der Waals surface area (Å²) >= 11 is 0. The van der Waals surface area contributed by atoms with Gasteiger partial charge in [-0.3, -0.25) is 4.79 Å². The van der Waals surface area contributed by atoms with Gasteiger partial charge in [0, 0.05) is 17.7 Å². The number of para-hydroxylation sites is 2. The zero-order valence-electron chi connectivity index (χ0n) is 21.2. The molecular weight excluding hydrogens is 517 g/mol. The first-order chi connectivity index (χ1) is 18.7. The van der Waals surface area contributed by atoms with Crippen LogP contribution in [0.2, 0.25) is 0 Å². The standard InChI is InChI=1S/C28H23F3N2O6/c1-35-23-15-22-24(26(37-3)25(23)36-2)20(34)14-21(39-22)16-7-6-8-17(13-16)38-12-11-33-19-10-5-4-9-18(19)32-27(33)28(29,30)31/h4-10,13-15H,11-12H2,1-3H3. The van der Waals surface area contributed by atoms with Gasteiger partial charge in [-0.15, -0.1) is 0 Å².